The van der Waals surface area contributed by atoms with Crippen molar-refractivity contribution in [1.29, 1.82) is 0 Å². The van der Waals surface area contributed by atoms with Gasteiger partial charge in [-0.05, 0) is 49.3 Å². The van der Waals surface area contributed by atoms with Gasteiger partial charge in [0.25, 0.3) is 0 Å². The Kier molecular flexibility index (Phi) is 10.9. The standard InChI is InChI=1S/C31H42NO2.Y/c1-24-11-9-12-25(2)30(24)20-29(33)23-32(21-27-15-7-4-8-16-27)18-10-17-28(22-32)31(34)19-26-13-5-3-6-14-26;/h4,7-9,11-12,15-16,26,28H,3,5-6,10,13-14,17-23H2,1-2H3;/q+1;. The van der Waals surface area contributed by atoms with E-state index in [1.165, 1.54) is 54.4 Å². The van der Waals surface area contributed by atoms with Gasteiger partial charge in [0.05, 0.1) is 19.0 Å². The third-order valence-electron chi connectivity index (χ3n) is 8.35. The van der Waals surface area contributed by atoms with E-state index in [2.05, 4.69) is 56.3 Å². The first-order valence-corrected chi connectivity index (χ1v) is 13.4. The second-order valence-electron chi connectivity index (χ2n) is 11.1. The van der Waals surface area contributed by atoms with Crippen LogP contribution in [0.3, 0.4) is 0 Å². The molecule has 2 atom stereocenters. The average Bonchev–Trinajstić information content (AvgIpc) is 2.83. The van der Waals surface area contributed by atoms with Crippen LogP contribution in [0.2, 0.25) is 0 Å². The molecule has 0 N–H and O–H groups in total. The molecule has 0 amide bonds. The molecule has 0 bridgehead atoms. The van der Waals surface area contributed by atoms with Crippen molar-refractivity contribution in [3.05, 3.63) is 70.8 Å². The van der Waals surface area contributed by atoms with Crippen molar-refractivity contribution in [3.63, 3.8) is 0 Å². The van der Waals surface area contributed by atoms with Gasteiger partial charge in [0.1, 0.15) is 18.9 Å². The third kappa shape index (κ3) is 7.91. The van der Waals surface area contributed by atoms with E-state index in [0.717, 1.165) is 43.4 Å². The van der Waals surface area contributed by atoms with Gasteiger partial charge >= 0.3 is 0 Å². The zero-order chi connectivity index (χ0) is 24.0. The number of likely N-dealkylation sites (tertiary alicyclic amines) is 1. The Morgan fingerprint density at radius 1 is 0.857 bits per heavy atom. The van der Waals surface area contributed by atoms with Gasteiger partial charge in [-0.25, -0.2) is 0 Å². The van der Waals surface area contributed by atoms with Crippen molar-refractivity contribution in [2.45, 2.75) is 78.2 Å². The maximum Gasteiger partial charge on any atom is 0.191 e. The zero-order valence-electron chi connectivity index (χ0n) is 21.8. The maximum atomic E-state index is 13.5. The number of benzene rings is 2. The minimum Gasteiger partial charge on any atom is -0.313 e. The maximum absolute atomic E-state index is 13.5. The Bertz CT molecular complexity index is 962. The van der Waals surface area contributed by atoms with Crippen molar-refractivity contribution < 1.29 is 46.8 Å². The molecule has 1 heterocycles. The minimum atomic E-state index is 0. The zero-order valence-corrected chi connectivity index (χ0v) is 24.6. The van der Waals surface area contributed by atoms with Crippen molar-refractivity contribution in [2.24, 2.45) is 11.8 Å². The summed E-state index contributed by atoms with van der Waals surface area (Å²) < 4.78 is 0.731. The Hall–Kier alpha value is -1.16. The number of quaternary nitrogens is 1. The predicted octanol–water partition coefficient (Wildman–Crippen LogP) is 6.38. The van der Waals surface area contributed by atoms with Crippen molar-refractivity contribution in [3.8, 4) is 0 Å². The minimum absolute atomic E-state index is 0. The Morgan fingerprint density at radius 2 is 1.54 bits per heavy atom. The number of piperidine rings is 1. The summed E-state index contributed by atoms with van der Waals surface area (Å²) in [6.45, 7) is 7.37. The van der Waals surface area contributed by atoms with Crippen LogP contribution < -0.4 is 0 Å². The van der Waals surface area contributed by atoms with Crippen LogP contribution in [0.25, 0.3) is 0 Å². The molecule has 1 aliphatic heterocycles. The van der Waals surface area contributed by atoms with Crippen LogP contribution in [-0.4, -0.2) is 35.7 Å². The Morgan fingerprint density at radius 3 is 2.23 bits per heavy atom. The fraction of sp³-hybridized carbons (Fsp3) is 0.548. The number of aryl methyl sites for hydroxylation is 2. The van der Waals surface area contributed by atoms with Crippen LogP contribution in [0.15, 0.2) is 48.5 Å². The summed E-state index contributed by atoms with van der Waals surface area (Å²) in [7, 11) is 0. The van der Waals surface area contributed by atoms with Gasteiger partial charge in [-0.2, -0.15) is 0 Å². The molecule has 4 rings (SSSR count). The van der Waals surface area contributed by atoms with E-state index in [-0.39, 0.29) is 38.6 Å². The van der Waals surface area contributed by atoms with Crippen LogP contribution in [0.5, 0.6) is 0 Å². The molecule has 2 fully saturated rings. The van der Waals surface area contributed by atoms with Gasteiger partial charge in [-0.3, -0.25) is 9.59 Å². The molecule has 1 saturated carbocycles. The molecule has 2 aromatic rings. The van der Waals surface area contributed by atoms with E-state index in [4.69, 9.17) is 0 Å². The first kappa shape index (κ1) is 28.4. The van der Waals surface area contributed by atoms with Gasteiger partial charge in [0.15, 0.2) is 5.78 Å². The van der Waals surface area contributed by atoms with Crippen molar-refractivity contribution in [2.75, 3.05) is 19.6 Å². The molecular formula is C31H42NO2Y+. The molecule has 3 nitrogen and oxygen atoms in total. The number of carbonyl (C=O) groups excluding carboxylic acids is 2. The molecule has 1 aliphatic carbocycles. The molecule has 185 valence electrons. The van der Waals surface area contributed by atoms with Crippen LogP contribution in [-0.2, 0) is 55.3 Å². The second kappa shape index (κ2) is 13.4. The van der Waals surface area contributed by atoms with Gasteiger partial charge in [-0.15, -0.1) is 0 Å². The summed E-state index contributed by atoms with van der Waals surface area (Å²) >= 11 is 0. The third-order valence-corrected chi connectivity index (χ3v) is 8.35. The topological polar surface area (TPSA) is 34.1 Å². The number of carbonyl (C=O) groups is 2. The molecule has 2 unspecified atom stereocenters. The molecule has 4 heteroatoms. The number of hydrogen-bond acceptors (Lipinski definition) is 2. The molecule has 1 radical (unpaired) electrons. The molecule has 0 spiro atoms. The van der Waals surface area contributed by atoms with Crippen LogP contribution in [0.4, 0.5) is 0 Å². The molecule has 1 saturated heterocycles. The number of Topliss-reactive ketones (excluding diaryl/α,β-unsaturated/α-hetero) is 2. The van der Waals surface area contributed by atoms with E-state index in [1.54, 1.807) is 0 Å². The van der Waals surface area contributed by atoms with Crippen molar-refractivity contribution >= 4 is 11.6 Å². The molecule has 35 heavy (non-hydrogen) atoms. The quantitative estimate of drug-likeness (QED) is 0.340. The number of rotatable bonds is 9. The van der Waals surface area contributed by atoms with Gasteiger partial charge in [0.2, 0.25) is 0 Å². The van der Waals surface area contributed by atoms with Crippen LogP contribution in [0.1, 0.15) is 73.6 Å². The Labute approximate surface area is 237 Å². The van der Waals surface area contributed by atoms with E-state index in [9.17, 15) is 9.59 Å². The summed E-state index contributed by atoms with van der Waals surface area (Å²) in [6.07, 6.45) is 9.60. The number of nitrogens with zero attached hydrogens (tertiary/aromatic N) is 1. The van der Waals surface area contributed by atoms with Gasteiger partial charge < -0.3 is 4.48 Å². The summed E-state index contributed by atoms with van der Waals surface area (Å²) in [4.78, 5) is 26.9. The van der Waals surface area contributed by atoms with E-state index in [1.807, 2.05) is 6.07 Å². The molecular weight excluding hydrogens is 507 g/mol. The molecule has 0 aromatic heterocycles. The predicted molar refractivity (Wildman–Crippen MR) is 139 cm³/mol. The second-order valence-corrected chi connectivity index (χ2v) is 11.1. The van der Waals surface area contributed by atoms with Gasteiger partial charge in [-0.1, -0.05) is 80.6 Å². The SMILES string of the molecule is Cc1cccc(C)c1CC(=O)C[N+]1(Cc2ccccc2)CCCC(C(=O)CC2CCCCC2)C1.[Y]. The first-order valence-electron chi connectivity index (χ1n) is 13.4. The fourth-order valence-electron chi connectivity index (χ4n) is 6.50. The summed E-state index contributed by atoms with van der Waals surface area (Å²) in [5, 5.41) is 0. The number of hydrogen-bond donors (Lipinski definition) is 0. The summed E-state index contributed by atoms with van der Waals surface area (Å²) in [6, 6.07) is 16.8. The molecule has 2 aromatic carbocycles. The van der Waals surface area contributed by atoms with Crippen LogP contribution >= 0.6 is 0 Å². The van der Waals surface area contributed by atoms with Gasteiger partial charge in [0, 0.05) is 51.1 Å². The Balaban J connectivity index is 0.00000342. The summed E-state index contributed by atoms with van der Waals surface area (Å²) in [5.74, 6) is 1.45. The monoisotopic (exact) mass is 549 g/mol. The average molecular weight is 550 g/mol. The van der Waals surface area contributed by atoms with E-state index < -0.39 is 0 Å². The smallest absolute Gasteiger partial charge is 0.191 e. The number of ketones is 2. The fourth-order valence-corrected chi connectivity index (χ4v) is 6.50. The van der Waals surface area contributed by atoms with E-state index >= 15 is 0 Å². The normalized spacial score (nSPS) is 22.9. The first-order chi connectivity index (χ1) is 16.4. The summed E-state index contributed by atoms with van der Waals surface area (Å²) in [5.41, 5.74) is 4.83. The van der Waals surface area contributed by atoms with Crippen LogP contribution in [0, 0.1) is 25.7 Å². The molecule has 2 aliphatic rings. The van der Waals surface area contributed by atoms with Crippen molar-refractivity contribution in [1.82, 2.24) is 0 Å². The van der Waals surface area contributed by atoms with E-state index in [0.29, 0.717) is 30.4 Å². The largest absolute Gasteiger partial charge is 0.313 e.